The summed E-state index contributed by atoms with van der Waals surface area (Å²) in [5.41, 5.74) is 3.33. The second-order valence-corrected chi connectivity index (χ2v) is 8.63. The third-order valence-corrected chi connectivity index (χ3v) is 5.94. The van der Waals surface area contributed by atoms with Crippen LogP contribution in [0.5, 0.6) is 0 Å². The van der Waals surface area contributed by atoms with Crippen LogP contribution in [0.4, 0.5) is 5.69 Å². The van der Waals surface area contributed by atoms with E-state index in [1.54, 1.807) is 30.1 Å². The number of rotatable bonds is 6. The fraction of sp³-hybridized carbons (Fsp3) is 0.261. The molecule has 0 saturated carbocycles. The van der Waals surface area contributed by atoms with Gasteiger partial charge >= 0.3 is 0 Å². The second-order valence-electron chi connectivity index (χ2n) is 7.66. The maximum atomic E-state index is 13.2. The fourth-order valence-corrected chi connectivity index (χ4v) is 4.45. The van der Waals surface area contributed by atoms with Gasteiger partial charge in [0.05, 0.1) is 17.3 Å². The summed E-state index contributed by atoms with van der Waals surface area (Å²) in [6.07, 6.45) is 8.22. The van der Waals surface area contributed by atoms with Gasteiger partial charge in [-0.1, -0.05) is 37.7 Å². The first-order valence-electron chi connectivity index (χ1n) is 9.87. The highest BCUT2D eigenvalue weighted by molar-refractivity contribution is 8.03. The van der Waals surface area contributed by atoms with Crippen molar-refractivity contribution in [3.63, 3.8) is 0 Å². The lowest BCUT2D eigenvalue weighted by molar-refractivity contribution is -0.133. The lowest BCUT2D eigenvalue weighted by Gasteiger charge is -2.35. The van der Waals surface area contributed by atoms with Crippen LogP contribution in [0.2, 0.25) is 0 Å². The predicted octanol–water partition coefficient (Wildman–Crippen LogP) is 4.59. The van der Waals surface area contributed by atoms with E-state index in [1.165, 1.54) is 0 Å². The van der Waals surface area contributed by atoms with E-state index in [1.807, 2.05) is 57.6 Å². The first kappa shape index (κ1) is 20.0. The van der Waals surface area contributed by atoms with Gasteiger partial charge in [-0.3, -0.25) is 4.79 Å². The van der Waals surface area contributed by atoms with Crippen molar-refractivity contribution in [1.29, 1.82) is 5.26 Å². The van der Waals surface area contributed by atoms with E-state index in [9.17, 15) is 4.79 Å². The number of amides is 1. The highest BCUT2D eigenvalue weighted by Crippen LogP contribution is 2.34. The van der Waals surface area contributed by atoms with Crippen LogP contribution in [0.3, 0.4) is 0 Å². The molecule has 1 aromatic carbocycles. The van der Waals surface area contributed by atoms with Crippen molar-refractivity contribution in [1.82, 2.24) is 14.3 Å². The lowest BCUT2D eigenvalue weighted by Crippen LogP contribution is -2.45. The van der Waals surface area contributed by atoms with Crippen molar-refractivity contribution >= 4 is 29.0 Å². The molecule has 30 heavy (non-hydrogen) atoms. The fourth-order valence-electron chi connectivity index (χ4n) is 3.45. The largest absolute Gasteiger partial charge is 0.316 e. The molecule has 0 aliphatic carbocycles. The Kier molecular flexibility index (Phi) is 5.77. The molecule has 2 aromatic heterocycles. The third kappa shape index (κ3) is 4.19. The van der Waals surface area contributed by atoms with Crippen LogP contribution in [0.1, 0.15) is 31.4 Å². The molecule has 152 valence electrons. The Balaban J connectivity index is 1.63. The maximum Gasteiger partial charge on any atom is 0.225 e. The van der Waals surface area contributed by atoms with Crippen molar-refractivity contribution in [2.75, 3.05) is 4.90 Å². The van der Waals surface area contributed by atoms with Gasteiger partial charge < -0.3 is 14.2 Å². The van der Waals surface area contributed by atoms with Crippen molar-refractivity contribution in [3.8, 4) is 6.07 Å². The summed E-state index contributed by atoms with van der Waals surface area (Å²) in [6, 6.07) is 13.6. The number of anilines is 1. The molecule has 1 aliphatic rings. The number of carbonyl (C=O) groups is 1. The van der Waals surface area contributed by atoms with Gasteiger partial charge in [0, 0.05) is 37.8 Å². The third-order valence-electron chi connectivity index (χ3n) is 4.94. The molecule has 3 aromatic rings. The Bertz CT molecular complexity index is 1110. The topological polar surface area (TPSA) is 64.6 Å². The summed E-state index contributed by atoms with van der Waals surface area (Å²) in [5.74, 6) is 0.389. The smallest absolute Gasteiger partial charge is 0.225 e. The molecule has 0 bridgehead atoms. The molecule has 1 amide bonds. The monoisotopic (exact) mass is 417 g/mol. The number of imidazole rings is 1. The average molecular weight is 418 g/mol. The van der Waals surface area contributed by atoms with E-state index in [-0.39, 0.29) is 17.3 Å². The zero-order valence-corrected chi connectivity index (χ0v) is 17.8. The first-order valence-corrected chi connectivity index (χ1v) is 10.8. The SMILES string of the molecule is CC(C)CC(=O)N(Cc1ccc(C#N)cc1)C1SC=CN1c1ccc2nccn2c1. The summed E-state index contributed by atoms with van der Waals surface area (Å²) in [5, 5.41) is 11.1. The predicted molar refractivity (Wildman–Crippen MR) is 119 cm³/mol. The average Bonchev–Trinajstić information content (AvgIpc) is 3.40. The molecule has 0 saturated heterocycles. The first-order chi connectivity index (χ1) is 14.5. The molecule has 4 rings (SSSR count). The molecule has 1 atom stereocenters. The van der Waals surface area contributed by atoms with E-state index in [4.69, 9.17) is 5.26 Å². The molecule has 0 spiro atoms. The van der Waals surface area contributed by atoms with Crippen LogP contribution in [-0.4, -0.2) is 25.7 Å². The molecule has 3 heterocycles. The van der Waals surface area contributed by atoms with Gasteiger partial charge in [0.1, 0.15) is 5.65 Å². The summed E-state index contributed by atoms with van der Waals surface area (Å²) in [4.78, 5) is 21.5. The summed E-state index contributed by atoms with van der Waals surface area (Å²) >= 11 is 1.62. The van der Waals surface area contributed by atoms with E-state index >= 15 is 0 Å². The van der Waals surface area contributed by atoms with Crippen LogP contribution in [0.15, 0.2) is 66.6 Å². The van der Waals surface area contributed by atoms with Gasteiger partial charge in [-0.05, 0) is 41.2 Å². The number of pyridine rings is 1. The minimum absolute atomic E-state index is 0.115. The molecular formula is C23H23N5OS. The van der Waals surface area contributed by atoms with Crippen LogP contribution < -0.4 is 4.90 Å². The number of hydrogen-bond donors (Lipinski definition) is 0. The van der Waals surface area contributed by atoms with E-state index in [0.717, 1.165) is 16.9 Å². The van der Waals surface area contributed by atoms with E-state index in [2.05, 4.69) is 29.8 Å². The quantitative estimate of drug-likeness (QED) is 0.587. The van der Waals surface area contributed by atoms with Crippen molar-refractivity contribution < 1.29 is 4.79 Å². The Hall–Kier alpha value is -3.24. The zero-order valence-electron chi connectivity index (χ0n) is 17.0. The van der Waals surface area contributed by atoms with E-state index < -0.39 is 0 Å². The van der Waals surface area contributed by atoms with Crippen molar-refractivity contribution in [2.45, 2.75) is 32.3 Å². The van der Waals surface area contributed by atoms with Gasteiger partial charge in [0.15, 0.2) is 5.50 Å². The minimum atomic E-state index is -0.173. The number of carbonyl (C=O) groups excluding carboxylic acids is 1. The molecular weight excluding hydrogens is 394 g/mol. The summed E-state index contributed by atoms with van der Waals surface area (Å²) in [7, 11) is 0. The Labute approximate surface area is 180 Å². The molecule has 0 fully saturated rings. The number of hydrogen-bond acceptors (Lipinski definition) is 5. The maximum absolute atomic E-state index is 13.2. The molecule has 1 unspecified atom stereocenters. The highest BCUT2D eigenvalue weighted by Gasteiger charge is 2.31. The number of nitriles is 1. The molecule has 0 N–H and O–H groups in total. The second kappa shape index (κ2) is 8.64. The van der Waals surface area contributed by atoms with Crippen LogP contribution in [0.25, 0.3) is 5.65 Å². The molecule has 0 radical (unpaired) electrons. The molecule has 7 heteroatoms. The number of thioether (sulfide) groups is 1. The number of benzene rings is 1. The Morgan fingerprint density at radius 1 is 1.27 bits per heavy atom. The summed E-state index contributed by atoms with van der Waals surface area (Å²) in [6.45, 7) is 4.60. The lowest BCUT2D eigenvalue weighted by atomic mass is 10.1. The van der Waals surface area contributed by atoms with Crippen LogP contribution >= 0.6 is 11.8 Å². The van der Waals surface area contributed by atoms with Gasteiger partial charge in [-0.2, -0.15) is 5.26 Å². The molecule has 6 nitrogen and oxygen atoms in total. The highest BCUT2D eigenvalue weighted by atomic mass is 32.2. The number of fused-ring (bicyclic) bond motifs is 1. The normalized spacial score (nSPS) is 15.7. The zero-order chi connectivity index (χ0) is 21.1. The Morgan fingerprint density at radius 3 is 2.80 bits per heavy atom. The van der Waals surface area contributed by atoms with Gasteiger partial charge in [0.25, 0.3) is 0 Å². The summed E-state index contributed by atoms with van der Waals surface area (Å²) < 4.78 is 1.98. The van der Waals surface area contributed by atoms with Gasteiger partial charge in [-0.15, -0.1) is 0 Å². The van der Waals surface area contributed by atoms with Gasteiger partial charge in [-0.25, -0.2) is 4.98 Å². The standard InChI is InChI=1S/C23H23N5OS/c1-17(2)13-22(29)28(15-19-5-3-18(14-24)4-6-19)23-27(11-12-30-23)20-7-8-21-25-9-10-26(21)16-20/h3-12,16-17,23H,13,15H2,1-2H3. The van der Waals surface area contributed by atoms with Crippen LogP contribution in [0, 0.1) is 17.2 Å². The molecule has 1 aliphatic heterocycles. The van der Waals surface area contributed by atoms with Crippen molar-refractivity contribution in [3.05, 3.63) is 77.7 Å². The van der Waals surface area contributed by atoms with E-state index in [0.29, 0.717) is 18.5 Å². The van der Waals surface area contributed by atoms with Crippen molar-refractivity contribution in [2.24, 2.45) is 5.92 Å². The minimum Gasteiger partial charge on any atom is -0.316 e. The number of aromatic nitrogens is 2. The van der Waals surface area contributed by atoms with Crippen LogP contribution in [-0.2, 0) is 11.3 Å². The van der Waals surface area contributed by atoms with Gasteiger partial charge in [0.2, 0.25) is 5.91 Å². The Morgan fingerprint density at radius 2 is 2.07 bits per heavy atom. The number of nitrogens with zero attached hydrogens (tertiary/aromatic N) is 5.